The molecule has 40 heavy (non-hydrogen) atoms. The first-order valence-electron chi connectivity index (χ1n) is 13.0. The highest BCUT2D eigenvalue weighted by Gasteiger charge is 2.40. The molecular formula is C28H36N4O6S2. The molecule has 1 heterocycles. The molecule has 0 fully saturated rings. The largest absolute Gasteiger partial charge is 0.479 e. The van der Waals surface area contributed by atoms with E-state index in [1.54, 1.807) is 41.2 Å². The van der Waals surface area contributed by atoms with Crippen LogP contribution in [0.4, 0.5) is 4.79 Å². The molecule has 4 N–H and O–H groups in total. The van der Waals surface area contributed by atoms with Gasteiger partial charge >= 0.3 is 12.0 Å². The fraction of sp³-hybridized carbons (Fsp3) is 0.393. The van der Waals surface area contributed by atoms with Gasteiger partial charge in [-0.3, -0.25) is 0 Å². The second kappa shape index (κ2) is 12.9. The van der Waals surface area contributed by atoms with Gasteiger partial charge in [0.25, 0.3) is 10.0 Å². The first-order valence-corrected chi connectivity index (χ1v) is 15.7. The molecule has 216 valence electrons. The number of amides is 2. The van der Waals surface area contributed by atoms with Crippen molar-refractivity contribution in [1.29, 1.82) is 0 Å². The van der Waals surface area contributed by atoms with E-state index >= 15 is 0 Å². The van der Waals surface area contributed by atoms with Gasteiger partial charge in [0.05, 0.1) is 10.6 Å². The number of aliphatic carboxylic acids is 1. The van der Waals surface area contributed by atoms with Crippen molar-refractivity contribution in [3.8, 4) is 11.1 Å². The van der Waals surface area contributed by atoms with E-state index in [9.17, 15) is 28.2 Å². The van der Waals surface area contributed by atoms with E-state index in [1.165, 1.54) is 24.8 Å². The number of carbonyl (C=O) groups excluding carboxylic acids is 1. The van der Waals surface area contributed by atoms with Gasteiger partial charge < -0.3 is 20.1 Å². The lowest BCUT2D eigenvalue weighted by Crippen LogP contribution is -2.39. The van der Waals surface area contributed by atoms with E-state index in [1.807, 2.05) is 32.9 Å². The molecule has 2 aromatic carbocycles. The summed E-state index contributed by atoms with van der Waals surface area (Å²) >= 11 is 1.28. The minimum atomic E-state index is -4.14. The fourth-order valence-corrected chi connectivity index (χ4v) is 6.09. The number of carboxylic acids is 1. The Morgan fingerprint density at radius 1 is 1.12 bits per heavy atom. The van der Waals surface area contributed by atoms with Crippen molar-refractivity contribution in [2.45, 2.75) is 68.5 Å². The number of thioether (sulfide) groups is 1. The average Bonchev–Trinajstić information content (AvgIpc) is 3.30. The van der Waals surface area contributed by atoms with Crippen molar-refractivity contribution in [3.05, 3.63) is 65.6 Å². The zero-order chi connectivity index (χ0) is 29.7. The number of carbonyl (C=O) groups is 2. The normalized spacial score (nSPS) is 13.8. The van der Waals surface area contributed by atoms with Crippen molar-refractivity contribution < 1.29 is 28.2 Å². The molecule has 0 bridgehead atoms. The molecule has 2 atom stereocenters. The minimum Gasteiger partial charge on any atom is -0.479 e. The van der Waals surface area contributed by atoms with Crippen LogP contribution in [-0.4, -0.2) is 53.0 Å². The van der Waals surface area contributed by atoms with Gasteiger partial charge in [-0.1, -0.05) is 63.2 Å². The lowest BCUT2D eigenvalue weighted by atomic mass is 10.0. The number of nitrogens with one attached hydrogen (secondary N) is 2. The van der Waals surface area contributed by atoms with Crippen molar-refractivity contribution >= 4 is 33.8 Å². The van der Waals surface area contributed by atoms with Crippen LogP contribution < -0.4 is 10.0 Å². The van der Waals surface area contributed by atoms with Crippen LogP contribution in [0.2, 0.25) is 0 Å². The van der Waals surface area contributed by atoms with E-state index in [0.29, 0.717) is 34.9 Å². The number of aliphatic hydroxyl groups is 1. The summed E-state index contributed by atoms with van der Waals surface area (Å²) in [4.78, 5) is 28.7. The van der Waals surface area contributed by atoms with Gasteiger partial charge in [-0.25, -0.2) is 27.7 Å². The predicted molar refractivity (Wildman–Crippen MR) is 155 cm³/mol. The number of rotatable bonds is 12. The monoisotopic (exact) mass is 588 g/mol. The molecule has 2 amide bonds. The zero-order valence-corrected chi connectivity index (χ0v) is 24.9. The maximum absolute atomic E-state index is 13.0. The molecule has 0 spiro atoms. The van der Waals surface area contributed by atoms with Crippen molar-refractivity contribution in [1.82, 2.24) is 19.6 Å². The van der Waals surface area contributed by atoms with Gasteiger partial charge in [-0.05, 0) is 43.2 Å². The van der Waals surface area contributed by atoms with E-state index < -0.39 is 27.6 Å². The SMILES string of the molecule is CCCNC(=O)NS(=O)(=O)c1ccccc1-c1ccc(Cn2c(C(C)CC)nc(SC)c2C(C)(O)C(=O)O)cc1. The summed E-state index contributed by atoms with van der Waals surface area (Å²) in [5.41, 5.74) is -0.0873. The highest BCUT2D eigenvalue weighted by Crippen LogP contribution is 2.35. The van der Waals surface area contributed by atoms with Gasteiger partial charge in [0.15, 0.2) is 0 Å². The predicted octanol–water partition coefficient (Wildman–Crippen LogP) is 4.52. The molecule has 0 aliphatic heterocycles. The molecular weight excluding hydrogens is 552 g/mol. The van der Waals surface area contributed by atoms with Crippen molar-refractivity contribution in [2.75, 3.05) is 12.8 Å². The molecule has 12 heteroatoms. The maximum atomic E-state index is 13.0. The van der Waals surface area contributed by atoms with Gasteiger partial charge in [-0.2, -0.15) is 0 Å². The van der Waals surface area contributed by atoms with Crippen LogP contribution >= 0.6 is 11.8 Å². The minimum absolute atomic E-state index is 0.0163. The Kier molecular flexibility index (Phi) is 10.0. The second-order valence-corrected chi connectivity index (χ2v) is 12.1. The third-order valence-corrected chi connectivity index (χ3v) is 8.69. The topological polar surface area (TPSA) is 151 Å². The van der Waals surface area contributed by atoms with Gasteiger partial charge in [0.1, 0.15) is 10.9 Å². The maximum Gasteiger partial charge on any atom is 0.341 e. The quantitative estimate of drug-likeness (QED) is 0.226. The molecule has 0 aliphatic rings. The van der Waals surface area contributed by atoms with E-state index in [2.05, 4.69) is 15.0 Å². The Morgan fingerprint density at radius 2 is 1.77 bits per heavy atom. The third-order valence-electron chi connectivity index (χ3n) is 6.63. The first kappa shape index (κ1) is 31.2. The number of carboxylic acid groups (broad SMARTS) is 1. The lowest BCUT2D eigenvalue weighted by Gasteiger charge is -2.23. The lowest BCUT2D eigenvalue weighted by molar-refractivity contribution is -0.158. The number of urea groups is 1. The Balaban J connectivity index is 2.01. The molecule has 0 aliphatic carbocycles. The average molecular weight is 589 g/mol. The van der Waals surface area contributed by atoms with Crippen LogP contribution in [-0.2, 0) is 27.0 Å². The van der Waals surface area contributed by atoms with Crippen LogP contribution in [0.25, 0.3) is 11.1 Å². The number of aromatic nitrogens is 2. The van der Waals surface area contributed by atoms with Crippen LogP contribution in [0.15, 0.2) is 58.5 Å². The van der Waals surface area contributed by atoms with Crippen molar-refractivity contribution in [3.63, 3.8) is 0 Å². The second-order valence-electron chi connectivity index (χ2n) is 9.66. The standard InChI is InChI=1S/C28H36N4O6S2/c1-6-16-29-27(35)31-40(37,38)22-11-9-8-10-21(22)20-14-12-19(13-15-20)17-32-23(28(4,36)26(33)34)25(39-5)30-24(32)18(3)7-2/h8-15,18,36H,6-7,16-17H2,1-5H3,(H,33,34)(H2,29,31,35). The summed E-state index contributed by atoms with van der Waals surface area (Å²) in [6, 6.07) is 12.8. The Hall–Kier alpha value is -3.35. The van der Waals surface area contributed by atoms with Crippen LogP contribution in [0.1, 0.15) is 63.5 Å². The van der Waals surface area contributed by atoms with E-state index in [0.717, 1.165) is 12.0 Å². The smallest absolute Gasteiger partial charge is 0.341 e. The molecule has 2 unspecified atom stereocenters. The number of hydrogen-bond donors (Lipinski definition) is 4. The molecule has 3 aromatic rings. The summed E-state index contributed by atoms with van der Waals surface area (Å²) in [6.45, 7) is 7.73. The third kappa shape index (κ3) is 6.68. The van der Waals surface area contributed by atoms with E-state index in [4.69, 9.17) is 0 Å². The highest BCUT2D eigenvalue weighted by atomic mass is 32.2. The Morgan fingerprint density at radius 3 is 2.35 bits per heavy atom. The zero-order valence-electron chi connectivity index (χ0n) is 23.3. The molecule has 0 saturated heterocycles. The van der Waals surface area contributed by atoms with Crippen LogP contribution in [0, 0.1) is 0 Å². The molecule has 1 aromatic heterocycles. The number of benzene rings is 2. The Bertz CT molecular complexity index is 1470. The number of nitrogens with zero attached hydrogens (tertiary/aromatic N) is 2. The van der Waals surface area contributed by atoms with Crippen LogP contribution in [0.5, 0.6) is 0 Å². The summed E-state index contributed by atoms with van der Waals surface area (Å²) < 4.78 is 29.8. The number of imidazole rings is 1. The Labute approximate surface area is 239 Å². The molecule has 10 nitrogen and oxygen atoms in total. The summed E-state index contributed by atoms with van der Waals surface area (Å²) in [6.07, 6.45) is 3.23. The molecule has 0 saturated carbocycles. The molecule has 0 radical (unpaired) electrons. The number of hydrogen-bond acceptors (Lipinski definition) is 7. The van der Waals surface area contributed by atoms with Gasteiger partial charge in [0.2, 0.25) is 5.60 Å². The first-order chi connectivity index (χ1) is 18.9. The molecule has 3 rings (SSSR count). The summed E-state index contributed by atoms with van der Waals surface area (Å²) in [7, 11) is -4.14. The fourth-order valence-electron chi connectivity index (χ4n) is 4.24. The summed E-state index contributed by atoms with van der Waals surface area (Å²) in [5.74, 6) is -0.677. The van der Waals surface area contributed by atoms with Gasteiger partial charge in [0, 0.05) is 24.6 Å². The van der Waals surface area contributed by atoms with E-state index in [-0.39, 0.29) is 23.1 Å². The highest BCUT2D eigenvalue weighted by molar-refractivity contribution is 7.98. The van der Waals surface area contributed by atoms with Crippen LogP contribution in [0.3, 0.4) is 0 Å². The van der Waals surface area contributed by atoms with Crippen molar-refractivity contribution in [2.24, 2.45) is 0 Å². The number of sulfonamides is 1. The van der Waals surface area contributed by atoms with Gasteiger partial charge in [-0.15, -0.1) is 11.8 Å². The summed E-state index contributed by atoms with van der Waals surface area (Å²) in [5, 5.41) is 23.7.